The van der Waals surface area contributed by atoms with E-state index in [1.54, 1.807) is 12.1 Å². The van der Waals surface area contributed by atoms with Gasteiger partial charge in [-0.1, -0.05) is 24.3 Å². The van der Waals surface area contributed by atoms with Crippen molar-refractivity contribution < 1.29 is 9.66 Å². The molecule has 5 heteroatoms. The second-order valence-electron chi connectivity index (χ2n) is 7.84. The van der Waals surface area contributed by atoms with Gasteiger partial charge in [0.25, 0.3) is 5.69 Å². The van der Waals surface area contributed by atoms with Gasteiger partial charge in [-0.15, -0.1) is 6.58 Å². The average Bonchev–Trinajstić information content (AvgIpc) is 2.86. The summed E-state index contributed by atoms with van der Waals surface area (Å²) in [6, 6.07) is 13.2. The van der Waals surface area contributed by atoms with E-state index in [4.69, 9.17) is 4.74 Å². The molecular weight excluding hydrogens is 352 g/mol. The van der Waals surface area contributed by atoms with Gasteiger partial charge in [-0.05, 0) is 56.5 Å². The Balaban J connectivity index is 1.81. The van der Waals surface area contributed by atoms with E-state index < -0.39 is 5.72 Å². The standard InChI is InChI=1S/C23H24N2O3/c1-4-5-8-15-24-20-10-7-6-9-19(20)22(2,3)23(24)14-13-17-16-18(25(26)27)11-12-21(17)28-23/h4,6-7,9-14,16H,1,5,8,15H2,2-3H3. The van der Waals surface area contributed by atoms with Gasteiger partial charge in [0.2, 0.25) is 5.72 Å². The summed E-state index contributed by atoms with van der Waals surface area (Å²) in [6.45, 7) is 9.06. The molecule has 0 N–H and O–H groups in total. The maximum atomic E-state index is 11.1. The lowest BCUT2D eigenvalue weighted by atomic mass is 9.76. The van der Waals surface area contributed by atoms with Crippen molar-refractivity contribution in [3.63, 3.8) is 0 Å². The Morgan fingerprint density at radius 2 is 2.04 bits per heavy atom. The molecule has 28 heavy (non-hydrogen) atoms. The molecule has 2 aromatic rings. The van der Waals surface area contributed by atoms with Crippen LogP contribution in [0.15, 0.2) is 61.2 Å². The van der Waals surface area contributed by atoms with E-state index in [0.29, 0.717) is 5.75 Å². The van der Waals surface area contributed by atoms with Gasteiger partial charge < -0.3 is 9.64 Å². The molecule has 144 valence electrons. The van der Waals surface area contributed by atoms with Crippen LogP contribution in [-0.4, -0.2) is 17.2 Å². The molecule has 0 radical (unpaired) electrons. The largest absolute Gasteiger partial charge is 0.463 e. The third-order valence-electron chi connectivity index (χ3n) is 5.91. The number of allylic oxidation sites excluding steroid dienone is 1. The molecule has 2 heterocycles. The molecule has 0 bridgehead atoms. The lowest BCUT2D eigenvalue weighted by molar-refractivity contribution is -0.384. The zero-order chi connectivity index (χ0) is 19.9. The second kappa shape index (κ2) is 6.51. The number of para-hydroxylation sites is 1. The monoisotopic (exact) mass is 376 g/mol. The minimum Gasteiger partial charge on any atom is -0.463 e. The quantitative estimate of drug-likeness (QED) is 0.301. The lowest BCUT2D eigenvalue weighted by Crippen LogP contribution is -2.59. The minimum atomic E-state index is -0.680. The number of fused-ring (bicyclic) bond motifs is 2. The van der Waals surface area contributed by atoms with Crippen molar-refractivity contribution in [1.29, 1.82) is 0 Å². The number of nitrogens with zero attached hydrogens (tertiary/aromatic N) is 2. The SMILES string of the molecule is C=CCCCN1c2ccccc2C(C)(C)C12C=Cc1cc([N+](=O)[O-])ccc1O2. The molecule has 0 aliphatic carbocycles. The molecule has 0 saturated carbocycles. The lowest BCUT2D eigenvalue weighted by Gasteiger charge is -2.47. The van der Waals surface area contributed by atoms with Crippen molar-refractivity contribution in [2.45, 2.75) is 37.8 Å². The molecule has 2 aliphatic rings. The number of unbranched alkanes of at least 4 members (excludes halogenated alkanes) is 1. The Labute approximate surface area is 165 Å². The zero-order valence-corrected chi connectivity index (χ0v) is 16.2. The second-order valence-corrected chi connectivity index (χ2v) is 7.84. The summed E-state index contributed by atoms with van der Waals surface area (Å²) in [7, 11) is 0. The van der Waals surface area contributed by atoms with E-state index in [1.807, 2.05) is 12.2 Å². The number of benzene rings is 2. The molecule has 4 rings (SSSR count). The van der Waals surface area contributed by atoms with Crippen molar-refractivity contribution in [2.24, 2.45) is 0 Å². The Morgan fingerprint density at radius 3 is 2.79 bits per heavy atom. The highest BCUT2D eigenvalue weighted by atomic mass is 16.6. The first kappa shape index (κ1) is 18.3. The molecule has 5 nitrogen and oxygen atoms in total. The third kappa shape index (κ3) is 2.53. The van der Waals surface area contributed by atoms with Crippen LogP contribution >= 0.6 is 0 Å². The number of ether oxygens (including phenoxy) is 1. The van der Waals surface area contributed by atoms with E-state index in [1.165, 1.54) is 17.3 Å². The van der Waals surface area contributed by atoms with Crippen LogP contribution in [0.2, 0.25) is 0 Å². The number of nitro groups is 1. The Kier molecular flexibility index (Phi) is 4.26. The summed E-state index contributed by atoms with van der Waals surface area (Å²) in [5, 5.41) is 11.1. The Bertz CT molecular complexity index is 980. The molecule has 0 saturated heterocycles. The van der Waals surface area contributed by atoms with Gasteiger partial charge in [-0.25, -0.2) is 0 Å². The van der Waals surface area contributed by atoms with Gasteiger partial charge >= 0.3 is 0 Å². The first-order valence-electron chi connectivity index (χ1n) is 9.55. The van der Waals surface area contributed by atoms with Crippen molar-refractivity contribution in [3.8, 4) is 5.75 Å². The van der Waals surface area contributed by atoms with Crippen LogP contribution < -0.4 is 9.64 Å². The van der Waals surface area contributed by atoms with Gasteiger partial charge in [0.1, 0.15) is 5.75 Å². The molecule has 1 unspecified atom stereocenters. The van der Waals surface area contributed by atoms with E-state index >= 15 is 0 Å². The first-order valence-corrected chi connectivity index (χ1v) is 9.55. The molecule has 2 aliphatic heterocycles. The summed E-state index contributed by atoms with van der Waals surface area (Å²) in [5.41, 5.74) is 2.24. The predicted molar refractivity (Wildman–Crippen MR) is 112 cm³/mol. The predicted octanol–water partition coefficient (Wildman–Crippen LogP) is 5.46. The minimum absolute atomic E-state index is 0.0692. The first-order chi connectivity index (χ1) is 13.4. The van der Waals surface area contributed by atoms with E-state index in [2.05, 4.69) is 55.7 Å². The van der Waals surface area contributed by atoms with Gasteiger partial charge in [0.15, 0.2) is 0 Å². The number of non-ortho nitro benzene ring substituents is 1. The van der Waals surface area contributed by atoms with Crippen molar-refractivity contribution in [2.75, 3.05) is 11.4 Å². The topological polar surface area (TPSA) is 55.6 Å². The van der Waals surface area contributed by atoms with E-state index in [9.17, 15) is 10.1 Å². The van der Waals surface area contributed by atoms with Crippen LogP contribution in [0.25, 0.3) is 6.08 Å². The fraction of sp³-hybridized carbons (Fsp3) is 0.304. The van der Waals surface area contributed by atoms with Crippen LogP contribution in [0.1, 0.15) is 37.8 Å². The zero-order valence-electron chi connectivity index (χ0n) is 16.2. The molecule has 0 fully saturated rings. The van der Waals surface area contributed by atoms with Crippen molar-refractivity contribution in [1.82, 2.24) is 0 Å². The Hall–Kier alpha value is -3.08. The number of hydrogen-bond acceptors (Lipinski definition) is 4. The highest BCUT2D eigenvalue weighted by Gasteiger charge is 2.58. The highest BCUT2D eigenvalue weighted by molar-refractivity contribution is 5.73. The normalized spacial score (nSPS) is 21.1. The Morgan fingerprint density at radius 1 is 1.25 bits per heavy atom. The summed E-state index contributed by atoms with van der Waals surface area (Å²) >= 11 is 0. The molecule has 1 spiro atoms. The molecule has 0 amide bonds. The van der Waals surface area contributed by atoms with Gasteiger partial charge in [-0.3, -0.25) is 10.1 Å². The molecule has 1 atom stereocenters. The van der Waals surface area contributed by atoms with Gasteiger partial charge in [-0.2, -0.15) is 0 Å². The van der Waals surface area contributed by atoms with Crippen molar-refractivity contribution in [3.05, 3.63) is 82.4 Å². The van der Waals surface area contributed by atoms with Crippen molar-refractivity contribution >= 4 is 17.5 Å². The molecule has 0 aromatic heterocycles. The summed E-state index contributed by atoms with van der Waals surface area (Å²) in [6.07, 6.45) is 7.86. The number of rotatable bonds is 5. The van der Waals surface area contributed by atoms with Crippen LogP contribution in [0, 0.1) is 10.1 Å². The van der Waals surface area contributed by atoms with Crippen LogP contribution in [0.4, 0.5) is 11.4 Å². The third-order valence-corrected chi connectivity index (χ3v) is 5.91. The van der Waals surface area contributed by atoms with Crippen LogP contribution in [0.3, 0.4) is 0 Å². The summed E-state index contributed by atoms with van der Waals surface area (Å²) in [5.74, 6) is 0.669. The molecular formula is C23H24N2O3. The van der Waals surface area contributed by atoms with E-state index in [0.717, 1.165) is 24.9 Å². The number of nitro benzene ring substituents is 1. The van der Waals surface area contributed by atoms with Gasteiger partial charge in [0.05, 0.1) is 10.3 Å². The average molecular weight is 376 g/mol. The van der Waals surface area contributed by atoms with E-state index in [-0.39, 0.29) is 16.0 Å². The number of hydrogen-bond donors (Lipinski definition) is 0. The fourth-order valence-electron chi connectivity index (χ4n) is 4.39. The summed E-state index contributed by atoms with van der Waals surface area (Å²) < 4.78 is 6.65. The van der Waals surface area contributed by atoms with Crippen LogP contribution in [0.5, 0.6) is 5.75 Å². The number of anilines is 1. The van der Waals surface area contributed by atoms with Crippen LogP contribution in [-0.2, 0) is 5.41 Å². The highest BCUT2D eigenvalue weighted by Crippen LogP contribution is 2.55. The summed E-state index contributed by atoms with van der Waals surface area (Å²) in [4.78, 5) is 13.1. The van der Waals surface area contributed by atoms with Gasteiger partial charge in [0, 0.05) is 29.9 Å². The maximum absolute atomic E-state index is 11.1. The smallest absolute Gasteiger partial charge is 0.270 e. The molecule has 2 aromatic carbocycles. The fourth-order valence-corrected chi connectivity index (χ4v) is 4.39. The maximum Gasteiger partial charge on any atom is 0.270 e.